The molecule has 1 aliphatic heterocycles. The van der Waals surface area contributed by atoms with E-state index in [2.05, 4.69) is 9.98 Å². The summed E-state index contributed by atoms with van der Waals surface area (Å²) in [6.45, 7) is 3.66. The van der Waals surface area contributed by atoms with Gasteiger partial charge in [0.05, 0.1) is 11.4 Å². The lowest BCUT2D eigenvalue weighted by Gasteiger charge is -2.23. The van der Waals surface area contributed by atoms with Crippen LogP contribution in [0, 0.1) is 12.3 Å². The molecule has 0 fully saturated rings. The molecule has 100 valence electrons. The van der Waals surface area contributed by atoms with Gasteiger partial charge in [0, 0.05) is 5.56 Å². The minimum absolute atomic E-state index is 0.503. The van der Waals surface area contributed by atoms with E-state index in [0.717, 1.165) is 11.1 Å². The summed E-state index contributed by atoms with van der Waals surface area (Å²) in [6.07, 6.45) is 5.17. The van der Waals surface area contributed by atoms with E-state index in [0.29, 0.717) is 17.2 Å². The number of hydrogen-bond acceptors (Lipinski definition) is 3. The Morgan fingerprint density at radius 2 is 1.90 bits per heavy atom. The minimum Gasteiger partial charge on any atom is -0.480 e. The molecule has 1 N–H and O–H groups in total. The molecule has 0 radical (unpaired) electrons. The summed E-state index contributed by atoms with van der Waals surface area (Å²) in [5, 5.41) is 9.43. The van der Waals surface area contributed by atoms with Gasteiger partial charge in [-0.25, -0.2) is 9.98 Å². The van der Waals surface area contributed by atoms with Gasteiger partial charge in [0.25, 0.3) is 0 Å². The molecule has 0 saturated heterocycles. The van der Waals surface area contributed by atoms with Crippen molar-refractivity contribution in [3.63, 3.8) is 0 Å². The Labute approximate surface area is 116 Å². The van der Waals surface area contributed by atoms with Crippen molar-refractivity contribution in [2.75, 3.05) is 0 Å². The zero-order chi connectivity index (χ0) is 14.3. The monoisotopic (exact) mass is 266 g/mol. The van der Waals surface area contributed by atoms with Crippen LogP contribution in [0.4, 0.5) is 0 Å². The van der Waals surface area contributed by atoms with Crippen LogP contribution in [-0.4, -0.2) is 22.6 Å². The maximum atomic E-state index is 11.5. The van der Waals surface area contributed by atoms with Crippen LogP contribution < -0.4 is 0 Å². The average Bonchev–Trinajstić information content (AvgIpc) is 2.85. The molecular weight excluding hydrogens is 252 g/mol. The van der Waals surface area contributed by atoms with Crippen molar-refractivity contribution < 1.29 is 9.90 Å². The topological polar surface area (TPSA) is 62.0 Å². The van der Waals surface area contributed by atoms with Crippen LogP contribution in [0.1, 0.15) is 18.1 Å². The summed E-state index contributed by atoms with van der Waals surface area (Å²) in [6, 6.07) is 7.87. The fourth-order valence-electron chi connectivity index (χ4n) is 2.27. The number of allylic oxidation sites excluding steroid dienone is 3. The highest BCUT2D eigenvalue weighted by Gasteiger charge is 2.42. The van der Waals surface area contributed by atoms with E-state index in [4.69, 9.17) is 0 Å². The highest BCUT2D eigenvalue weighted by molar-refractivity contribution is 6.26. The number of aryl methyl sites for hydroxylation is 1. The van der Waals surface area contributed by atoms with Crippen LogP contribution in [0.25, 0.3) is 0 Å². The third kappa shape index (κ3) is 1.81. The number of hydrogen-bond donors (Lipinski definition) is 1. The van der Waals surface area contributed by atoms with E-state index in [1.807, 2.05) is 31.2 Å². The zero-order valence-electron chi connectivity index (χ0n) is 11.3. The summed E-state index contributed by atoms with van der Waals surface area (Å²) >= 11 is 0. The number of rotatable bonds is 2. The van der Waals surface area contributed by atoms with Crippen molar-refractivity contribution in [1.29, 1.82) is 0 Å². The van der Waals surface area contributed by atoms with E-state index in [-0.39, 0.29) is 0 Å². The lowest BCUT2D eigenvalue weighted by molar-refractivity contribution is -0.141. The second-order valence-corrected chi connectivity index (χ2v) is 5.18. The minimum atomic E-state index is -1.11. The molecular formula is C16H14N2O2. The van der Waals surface area contributed by atoms with Gasteiger partial charge in [0.1, 0.15) is 5.41 Å². The normalized spacial score (nSPS) is 23.8. The van der Waals surface area contributed by atoms with Gasteiger partial charge in [-0.15, -0.1) is 0 Å². The standard InChI is InChI=1S/C16H14N2O2/c1-10-5-7-11(8-6-10)14-17-12-4-3-9-16(2,15(19)20)13(12)18-14/h3-9H,1-2H3,(H,19,20). The Balaban J connectivity index is 2.05. The smallest absolute Gasteiger partial charge is 0.319 e. The van der Waals surface area contributed by atoms with Crippen LogP contribution in [0.5, 0.6) is 0 Å². The average molecular weight is 266 g/mol. The first-order valence-electron chi connectivity index (χ1n) is 6.39. The highest BCUT2D eigenvalue weighted by atomic mass is 16.4. The SMILES string of the molecule is Cc1ccc(C2=NC3=CC=CC(C)(C(=O)O)C3=N2)cc1. The van der Waals surface area contributed by atoms with E-state index in [1.54, 1.807) is 25.2 Å². The predicted molar refractivity (Wildman–Crippen MR) is 78.1 cm³/mol. The van der Waals surface area contributed by atoms with Crippen molar-refractivity contribution in [1.82, 2.24) is 0 Å². The molecule has 3 rings (SSSR count). The fraction of sp³-hybridized carbons (Fsp3) is 0.188. The first-order chi connectivity index (χ1) is 9.50. The van der Waals surface area contributed by atoms with E-state index in [9.17, 15) is 9.90 Å². The lowest BCUT2D eigenvalue weighted by atomic mass is 9.80. The molecule has 1 heterocycles. The molecule has 2 aliphatic rings. The molecule has 0 amide bonds. The van der Waals surface area contributed by atoms with Crippen LogP contribution in [-0.2, 0) is 4.79 Å². The molecule has 4 heteroatoms. The third-order valence-corrected chi connectivity index (χ3v) is 3.62. The third-order valence-electron chi connectivity index (χ3n) is 3.62. The number of fused-ring (bicyclic) bond motifs is 1. The molecule has 0 bridgehead atoms. The second-order valence-electron chi connectivity index (χ2n) is 5.18. The van der Waals surface area contributed by atoms with Crippen molar-refractivity contribution in [3.8, 4) is 0 Å². The number of aliphatic carboxylic acids is 1. The van der Waals surface area contributed by atoms with Crippen LogP contribution >= 0.6 is 0 Å². The quantitative estimate of drug-likeness (QED) is 0.894. The number of benzene rings is 1. The van der Waals surface area contributed by atoms with E-state index < -0.39 is 11.4 Å². The molecule has 0 aromatic heterocycles. The van der Waals surface area contributed by atoms with Gasteiger partial charge in [-0.05, 0) is 19.9 Å². The van der Waals surface area contributed by atoms with Crippen molar-refractivity contribution >= 4 is 17.5 Å². The van der Waals surface area contributed by atoms with Gasteiger partial charge in [-0.2, -0.15) is 0 Å². The summed E-state index contributed by atoms with van der Waals surface area (Å²) in [7, 11) is 0. The zero-order valence-corrected chi connectivity index (χ0v) is 11.3. The number of amidine groups is 1. The number of nitrogens with zero attached hydrogens (tertiary/aromatic N) is 2. The number of carboxylic acids is 1. The lowest BCUT2D eigenvalue weighted by Crippen LogP contribution is -2.35. The van der Waals surface area contributed by atoms with Crippen molar-refractivity contribution in [2.24, 2.45) is 15.4 Å². The van der Waals surface area contributed by atoms with Gasteiger partial charge in [-0.3, -0.25) is 4.79 Å². The molecule has 20 heavy (non-hydrogen) atoms. The van der Waals surface area contributed by atoms with Gasteiger partial charge in [-0.1, -0.05) is 42.0 Å². The van der Waals surface area contributed by atoms with Gasteiger partial charge >= 0.3 is 5.97 Å². The first-order valence-corrected chi connectivity index (χ1v) is 6.39. The van der Waals surface area contributed by atoms with Crippen LogP contribution in [0.15, 0.2) is 58.2 Å². The Bertz CT molecular complexity index is 708. The first kappa shape index (κ1) is 12.5. The van der Waals surface area contributed by atoms with Gasteiger partial charge in [0.2, 0.25) is 0 Å². The molecule has 4 nitrogen and oxygen atoms in total. The Kier molecular flexibility index (Phi) is 2.67. The summed E-state index contributed by atoms with van der Waals surface area (Å²) in [4.78, 5) is 20.4. The Hall–Kier alpha value is -2.49. The summed E-state index contributed by atoms with van der Waals surface area (Å²) in [5.41, 5.74) is 2.08. The fourth-order valence-corrected chi connectivity index (χ4v) is 2.27. The van der Waals surface area contributed by atoms with Crippen molar-refractivity contribution in [2.45, 2.75) is 13.8 Å². The van der Waals surface area contributed by atoms with E-state index in [1.165, 1.54) is 0 Å². The van der Waals surface area contributed by atoms with Gasteiger partial charge < -0.3 is 5.11 Å². The molecule has 0 saturated carbocycles. The Morgan fingerprint density at radius 1 is 1.20 bits per heavy atom. The highest BCUT2D eigenvalue weighted by Crippen LogP contribution is 2.33. The van der Waals surface area contributed by atoms with Crippen molar-refractivity contribution in [3.05, 3.63) is 59.3 Å². The summed E-state index contributed by atoms with van der Waals surface area (Å²) in [5.74, 6) is -0.346. The molecule has 1 atom stereocenters. The van der Waals surface area contributed by atoms with Crippen LogP contribution in [0.2, 0.25) is 0 Å². The molecule has 1 aliphatic carbocycles. The maximum absolute atomic E-state index is 11.5. The summed E-state index contributed by atoms with van der Waals surface area (Å²) < 4.78 is 0. The molecule has 1 unspecified atom stereocenters. The number of aliphatic imine (C=N–C) groups is 2. The largest absolute Gasteiger partial charge is 0.480 e. The second kappa shape index (κ2) is 4.27. The maximum Gasteiger partial charge on any atom is 0.319 e. The number of carboxylic acid groups (broad SMARTS) is 1. The van der Waals surface area contributed by atoms with Crippen LogP contribution in [0.3, 0.4) is 0 Å². The molecule has 0 spiro atoms. The van der Waals surface area contributed by atoms with Gasteiger partial charge in [0.15, 0.2) is 5.84 Å². The predicted octanol–water partition coefficient (Wildman–Crippen LogP) is 2.74. The number of carbonyl (C=O) groups is 1. The molecule has 1 aromatic rings. The van der Waals surface area contributed by atoms with E-state index >= 15 is 0 Å². The Morgan fingerprint density at radius 3 is 2.55 bits per heavy atom. The molecule has 1 aromatic carbocycles.